The van der Waals surface area contributed by atoms with E-state index in [1.165, 1.54) is 12.1 Å². The Morgan fingerprint density at radius 2 is 1.71 bits per heavy atom. The van der Waals surface area contributed by atoms with E-state index in [1.54, 1.807) is 6.92 Å². The summed E-state index contributed by atoms with van der Waals surface area (Å²) in [6.07, 6.45) is 1.86. The Kier molecular flexibility index (Phi) is 8.70. The van der Waals surface area contributed by atoms with Gasteiger partial charge in [-0.2, -0.15) is 0 Å². The van der Waals surface area contributed by atoms with Crippen LogP contribution in [0, 0.1) is 11.6 Å². The van der Waals surface area contributed by atoms with Crippen molar-refractivity contribution in [2.24, 2.45) is 0 Å². The molecule has 184 valence electrons. The van der Waals surface area contributed by atoms with Crippen LogP contribution < -0.4 is 14.9 Å². The molecule has 1 fully saturated rings. The summed E-state index contributed by atoms with van der Waals surface area (Å²) in [4.78, 5) is 27.1. The third-order valence-electron chi connectivity index (χ3n) is 5.44. The van der Waals surface area contributed by atoms with E-state index < -0.39 is 46.1 Å². The molecule has 3 rings (SSSR count). The molecule has 0 radical (unpaired) electrons. The standard InChI is InChI=1S/C23H27F2N3O5S/c1-2-21(23(30)26-14-19-4-3-13-33-19)28(18-9-5-16(24)6-10-18)22(29)15-27-34(31,32)20-11-7-17(25)8-12-20/h5-12,19,21,27H,2-4,13-15H2,1H3,(H,26,30)/t19-,21+/m0/s1. The van der Waals surface area contributed by atoms with E-state index in [1.807, 2.05) is 0 Å². The van der Waals surface area contributed by atoms with Crippen LogP contribution in [0.5, 0.6) is 0 Å². The molecule has 0 aromatic heterocycles. The van der Waals surface area contributed by atoms with E-state index in [4.69, 9.17) is 4.74 Å². The highest BCUT2D eigenvalue weighted by Gasteiger charge is 2.31. The highest BCUT2D eigenvalue weighted by atomic mass is 32.2. The predicted molar refractivity (Wildman–Crippen MR) is 122 cm³/mol. The fraction of sp³-hybridized carbons (Fsp3) is 0.391. The van der Waals surface area contributed by atoms with Gasteiger partial charge in [0, 0.05) is 18.8 Å². The number of rotatable bonds is 10. The number of carbonyl (C=O) groups is 2. The first-order chi connectivity index (χ1) is 16.2. The molecule has 0 spiro atoms. The van der Waals surface area contributed by atoms with Crippen molar-refractivity contribution in [3.05, 3.63) is 60.2 Å². The van der Waals surface area contributed by atoms with E-state index in [-0.39, 0.29) is 29.7 Å². The molecule has 1 saturated heterocycles. The summed E-state index contributed by atoms with van der Waals surface area (Å²) < 4.78 is 59.4. The zero-order valence-electron chi connectivity index (χ0n) is 18.7. The number of sulfonamides is 1. The van der Waals surface area contributed by atoms with Crippen molar-refractivity contribution in [3.8, 4) is 0 Å². The van der Waals surface area contributed by atoms with Gasteiger partial charge in [-0.05, 0) is 67.8 Å². The molecule has 1 heterocycles. The van der Waals surface area contributed by atoms with Gasteiger partial charge < -0.3 is 10.1 Å². The molecule has 2 aromatic rings. The summed E-state index contributed by atoms with van der Waals surface area (Å²) in [5, 5.41) is 2.79. The quantitative estimate of drug-likeness (QED) is 0.527. The van der Waals surface area contributed by atoms with Crippen LogP contribution in [0.2, 0.25) is 0 Å². The monoisotopic (exact) mass is 495 g/mol. The van der Waals surface area contributed by atoms with Gasteiger partial charge in [-0.25, -0.2) is 21.9 Å². The number of anilines is 1. The molecule has 2 atom stereocenters. The number of nitrogens with zero attached hydrogens (tertiary/aromatic N) is 1. The third-order valence-corrected chi connectivity index (χ3v) is 6.86. The Bertz CT molecular complexity index is 1090. The van der Waals surface area contributed by atoms with Gasteiger partial charge in [-0.3, -0.25) is 14.5 Å². The molecule has 2 aromatic carbocycles. The Balaban J connectivity index is 1.78. The SMILES string of the molecule is CC[C@H](C(=O)NC[C@@H]1CCCO1)N(C(=O)CNS(=O)(=O)c1ccc(F)cc1)c1ccc(F)cc1. The zero-order chi connectivity index (χ0) is 24.7. The molecular weight excluding hydrogens is 468 g/mol. The lowest BCUT2D eigenvalue weighted by Gasteiger charge is -2.31. The maximum absolute atomic E-state index is 13.5. The largest absolute Gasteiger partial charge is 0.376 e. The first kappa shape index (κ1) is 25.7. The Morgan fingerprint density at radius 1 is 1.09 bits per heavy atom. The number of nitrogens with one attached hydrogen (secondary N) is 2. The molecule has 8 nitrogen and oxygen atoms in total. The van der Waals surface area contributed by atoms with Gasteiger partial charge in [0.1, 0.15) is 17.7 Å². The maximum Gasteiger partial charge on any atom is 0.243 e. The minimum absolute atomic E-state index is 0.0982. The van der Waals surface area contributed by atoms with Gasteiger partial charge in [0.2, 0.25) is 21.8 Å². The number of benzene rings is 2. The number of hydrogen-bond donors (Lipinski definition) is 2. The van der Waals surface area contributed by atoms with Gasteiger partial charge in [-0.1, -0.05) is 6.92 Å². The van der Waals surface area contributed by atoms with Gasteiger partial charge in [0.15, 0.2) is 0 Å². The van der Waals surface area contributed by atoms with Gasteiger partial charge in [0.05, 0.1) is 17.5 Å². The summed E-state index contributed by atoms with van der Waals surface area (Å²) in [6.45, 7) is 1.97. The topological polar surface area (TPSA) is 105 Å². The van der Waals surface area contributed by atoms with Gasteiger partial charge >= 0.3 is 0 Å². The van der Waals surface area contributed by atoms with Crippen LogP contribution in [-0.2, 0) is 24.3 Å². The van der Waals surface area contributed by atoms with E-state index in [0.717, 1.165) is 54.1 Å². The average Bonchev–Trinajstić information content (AvgIpc) is 3.34. The Labute approximate surface area is 197 Å². The number of amides is 2. The molecule has 2 N–H and O–H groups in total. The highest BCUT2D eigenvalue weighted by Crippen LogP contribution is 2.21. The second kappa shape index (κ2) is 11.5. The number of ether oxygens (including phenoxy) is 1. The van der Waals surface area contributed by atoms with E-state index in [9.17, 15) is 26.8 Å². The first-order valence-corrected chi connectivity index (χ1v) is 12.4. The molecule has 0 saturated carbocycles. The van der Waals surface area contributed by atoms with Crippen molar-refractivity contribution in [2.75, 3.05) is 24.6 Å². The van der Waals surface area contributed by atoms with E-state index >= 15 is 0 Å². The van der Waals surface area contributed by atoms with Gasteiger partial charge in [-0.15, -0.1) is 0 Å². The van der Waals surface area contributed by atoms with Crippen LogP contribution >= 0.6 is 0 Å². The lowest BCUT2D eigenvalue weighted by Crippen LogP contribution is -2.53. The summed E-state index contributed by atoms with van der Waals surface area (Å²) in [5.74, 6) is -2.27. The molecule has 1 aliphatic heterocycles. The van der Waals surface area contributed by atoms with Crippen LogP contribution in [0.3, 0.4) is 0 Å². The van der Waals surface area contributed by atoms with E-state index in [2.05, 4.69) is 10.0 Å². The molecule has 1 aliphatic rings. The normalized spacial score (nSPS) is 16.7. The number of carbonyl (C=O) groups excluding carboxylic acids is 2. The van der Waals surface area contributed by atoms with Gasteiger partial charge in [0.25, 0.3) is 0 Å². The number of hydrogen-bond acceptors (Lipinski definition) is 5. The Hall–Kier alpha value is -2.89. The second-order valence-electron chi connectivity index (χ2n) is 7.82. The van der Waals surface area contributed by atoms with Crippen molar-refractivity contribution in [1.82, 2.24) is 10.0 Å². The van der Waals surface area contributed by atoms with Crippen LogP contribution in [0.15, 0.2) is 53.4 Å². The van der Waals surface area contributed by atoms with Crippen molar-refractivity contribution in [3.63, 3.8) is 0 Å². The molecule has 0 bridgehead atoms. The molecule has 11 heteroatoms. The first-order valence-electron chi connectivity index (χ1n) is 10.9. The minimum Gasteiger partial charge on any atom is -0.376 e. The molecule has 34 heavy (non-hydrogen) atoms. The van der Waals surface area contributed by atoms with Crippen molar-refractivity contribution in [2.45, 2.75) is 43.2 Å². The van der Waals surface area contributed by atoms with Crippen molar-refractivity contribution >= 4 is 27.5 Å². The smallest absolute Gasteiger partial charge is 0.243 e. The minimum atomic E-state index is -4.11. The molecule has 2 amide bonds. The summed E-state index contributed by atoms with van der Waals surface area (Å²) >= 11 is 0. The molecular formula is C23H27F2N3O5S. The molecule has 0 unspecified atom stereocenters. The summed E-state index contributed by atoms with van der Waals surface area (Å²) in [5.41, 5.74) is 0.242. The van der Waals surface area contributed by atoms with E-state index in [0.29, 0.717) is 6.61 Å². The van der Waals surface area contributed by atoms with Crippen LogP contribution in [0.25, 0.3) is 0 Å². The maximum atomic E-state index is 13.5. The van der Waals surface area contributed by atoms with Crippen LogP contribution in [0.4, 0.5) is 14.5 Å². The van der Waals surface area contributed by atoms with Crippen LogP contribution in [-0.4, -0.2) is 52.1 Å². The lowest BCUT2D eigenvalue weighted by molar-refractivity contribution is -0.126. The average molecular weight is 496 g/mol. The van der Waals surface area contributed by atoms with Crippen molar-refractivity contribution < 1.29 is 31.5 Å². The lowest BCUT2D eigenvalue weighted by atomic mass is 10.1. The Morgan fingerprint density at radius 3 is 2.26 bits per heavy atom. The number of halogens is 2. The second-order valence-corrected chi connectivity index (χ2v) is 9.59. The van der Waals surface area contributed by atoms with Crippen LogP contribution in [0.1, 0.15) is 26.2 Å². The third kappa shape index (κ3) is 6.58. The zero-order valence-corrected chi connectivity index (χ0v) is 19.5. The van der Waals surface area contributed by atoms with Crippen molar-refractivity contribution in [1.29, 1.82) is 0 Å². The summed E-state index contributed by atoms with van der Waals surface area (Å²) in [7, 11) is -4.11. The highest BCUT2D eigenvalue weighted by molar-refractivity contribution is 7.89. The fourth-order valence-corrected chi connectivity index (χ4v) is 4.64. The molecule has 0 aliphatic carbocycles. The predicted octanol–water partition coefficient (Wildman–Crippen LogP) is 2.35. The summed E-state index contributed by atoms with van der Waals surface area (Å²) in [6, 6.07) is 8.16. The fourth-order valence-electron chi connectivity index (χ4n) is 3.66.